The Morgan fingerprint density at radius 2 is 2.36 bits per heavy atom. The van der Waals surface area contributed by atoms with Crippen molar-refractivity contribution in [2.45, 2.75) is 13.0 Å². The number of hydrogen-bond donors (Lipinski definition) is 2. The first kappa shape index (κ1) is 11.4. The second-order valence-electron chi connectivity index (χ2n) is 3.15. The first-order valence-corrected chi connectivity index (χ1v) is 4.99. The van der Waals surface area contributed by atoms with Crippen LogP contribution < -0.4 is 10.6 Å². The van der Waals surface area contributed by atoms with Crippen LogP contribution in [0.3, 0.4) is 0 Å². The minimum absolute atomic E-state index is 0.000948. The lowest BCUT2D eigenvalue weighted by atomic mass is 10.3. The number of nitrogens with one attached hydrogen (secondary N) is 2. The monoisotopic (exact) mass is 202 g/mol. The third-order valence-electron chi connectivity index (χ3n) is 1.95. The van der Waals surface area contributed by atoms with Gasteiger partial charge in [0.1, 0.15) is 0 Å². The van der Waals surface area contributed by atoms with Crippen LogP contribution in [0.25, 0.3) is 0 Å². The van der Waals surface area contributed by atoms with Crippen LogP contribution in [-0.4, -0.2) is 51.5 Å². The minimum atomic E-state index is 0.000948. The smallest absolute Gasteiger partial charge is 0.234 e. The molecule has 1 fully saturated rings. The average molecular weight is 202 g/mol. The lowest BCUT2D eigenvalue weighted by Gasteiger charge is -2.23. The molecule has 0 aliphatic carbocycles. The van der Waals surface area contributed by atoms with Gasteiger partial charge in [-0.15, -0.1) is 0 Å². The van der Waals surface area contributed by atoms with Gasteiger partial charge in [-0.1, -0.05) is 6.92 Å². The number of carbonyl (C=O) groups is 1. The van der Waals surface area contributed by atoms with E-state index in [1.807, 2.05) is 6.92 Å². The molecule has 1 heterocycles. The number of hydrogen-bond acceptors (Lipinski definition) is 4. The molecule has 1 rings (SSSR count). The lowest BCUT2D eigenvalue weighted by Crippen LogP contribution is -2.42. The quantitative estimate of drug-likeness (QED) is 0.608. The van der Waals surface area contributed by atoms with E-state index in [2.05, 4.69) is 10.6 Å². The molecule has 0 bridgehead atoms. The topological polar surface area (TPSA) is 59.6 Å². The van der Waals surface area contributed by atoms with Gasteiger partial charge in [-0.05, 0) is 6.54 Å². The molecule has 5 heteroatoms. The number of carbonyl (C=O) groups excluding carboxylic acids is 1. The van der Waals surface area contributed by atoms with E-state index in [0.717, 1.165) is 6.54 Å². The van der Waals surface area contributed by atoms with Gasteiger partial charge in [-0.3, -0.25) is 4.79 Å². The number of rotatable bonds is 5. The SMILES string of the molecule is CCNCC(=O)NCC1COCCO1. The van der Waals surface area contributed by atoms with Crippen molar-refractivity contribution in [3.05, 3.63) is 0 Å². The minimum Gasteiger partial charge on any atom is -0.376 e. The van der Waals surface area contributed by atoms with Crippen molar-refractivity contribution in [2.75, 3.05) is 39.5 Å². The van der Waals surface area contributed by atoms with Gasteiger partial charge < -0.3 is 20.1 Å². The largest absolute Gasteiger partial charge is 0.376 e. The predicted molar refractivity (Wildman–Crippen MR) is 52.1 cm³/mol. The van der Waals surface area contributed by atoms with Crippen LogP contribution in [0.15, 0.2) is 0 Å². The van der Waals surface area contributed by atoms with Gasteiger partial charge >= 0.3 is 0 Å². The molecule has 1 aliphatic heterocycles. The highest BCUT2D eigenvalue weighted by Crippen LogP contribution is 1.98. The zero-order chi connectivity index (χ0) is 10.2. The molecule has 14 heavy (non-hydrogen) atoms. The molecule has 1 atom stereocenters. The highest BCUT2D eigenvalue weighted by Gasteiger charge is 2.14. The number of likely N-dealkylation sites (N-methyl/N-ethyl adjacent to an activating group) is 1. The molecule has 0 aromatic heterocycles. The van der Waals surface area contributed by atoms with Crippen molar-refractivity contribution < 1.29 is 14.3 Å². The summed E-state index contributed by atoms with van der Waals surface area (Å²) in [7, 11) is 0. The van der Waals surface area contributed by atoms with Crippen LogP contribution in [0.2, 0.25) is 0 Å². The summed E-state index contributed by atoms with van der Waals surface area (Å²) in [6.45, 7) is 5.51. The summed E-state index contributed by atoms with van der Waals surface area (Å²) in [4.78, 5) is 11.2. The van der Waals surface area contributed by atoms with Gasteiger partial charge in [-0.25, -0.2) is 0 Å². The van der Waals surface area contributed by atoms with Crippen LogP contribution in [0.1, 0.15) is 6.92 Å². The van der Waals surface area contributed by atoms with Crippen molar-refractivity contribution in [3.63, 3.8) is 0 Å². The summed E-state index contributed by atoms with van der Waals surface area (Å²) in [5, 5.41) is 5.73. The van der Waals surface area contributed by atoms with E-state index in [1.165, 1.54) is 0 Å². The van der Waals surface area contributed by atoms with E-state index >= 15 is 0 Å². The first-order chi connectivity index (χ1) is 6.83. The molecule has 1 unspecified atom stereocenters. The van der Waals surface area contributed by atoms with Crippen molar-refractivity contribution in [1.82, 2.24) is 10.6 Å². The third kappa shape index (κ3) is 4.55. The van der Waals surface area contributed by atoms with E-state index in [1.54, 1.807) is 0 Å². The molecule has 0 aromatic rings. The molecular weight excluding hydrogens is 184 g/mol. The van der Waals surface area contributed by atoms with E-state index in [-0.39, 0.29) is 12.0 Å². The average Bonchev–Trinajstić information content (AvgIpc) is 2.25. The zero-order valence-corrected chi connectivity index (χ0v) is 8.54. The van der Waals surface area contributed by atoms with Gasteiger partial charge in [0.05, 0.1) is 32.5 Å². The Labute approximate surface area is 84.1 Å². The fourth-order valence-electron chi connectivity index (χ4n) is 1.18. The lowest BCUT2D eigenvalue weighted by molar-refractivity contribution is -0.123. The Morgan fingerprint density at radius 3 is 3.00 bits per heavy atom. The Morgan fingerprint density at radius 1 is 1.50 bits per heavy atom. The molecule has 82 valence electrons. The van der Waals surface area contributed by atoms with Crippen molar-refractivity contribution >= 4 is 5.91 Å². The van der Waals surface area contributed by atoms with Crippen LogP contribution in [-0.2, 0) is 14.3 Å². The normalized spacial score (nSPS) is 21.9. The Balaban J connectivity index is 2.03. The van der Waals surface area contributed by atoms with Gasteiger partial charge in [0.2, 0.25) is 5.91 Å². The molecule has 1 aliphatic rings. The first-order valence-electron chi connectivity index (χ1n) is 4.99. The third-order valence-corrected chi connectivity index (χ3v) is 1.95. The Bertz CT molecular complexity index is 169. The fourth-order valence-corrected chi connectivity index (χ4v) is 1.18. The maximum Gasteiger partial charge on any atom is 0.234 e. The summed E-state index contributed by atoms with van der Waals surface area (Å²) < 4.78 is 10.6. The summed E-state index contributed by atoms with van der Waals surface area (Å²) in [6, 6.07) is 0. The number of ether oxygens (including phenoxy) is 2. The van der Waals surface area contributed by atoms with Crippen LogP contribution in [0.4, 0.5) is 0 Å². The molecule has 5 nitrogen and oxygen atoms in total. The van der Waals surface area contributed by atoms with Crippen LogP contribution >= 0.6 is 0 Å². The second kappa shape index (κ2) is 6.75. The van der Waals surface area contributed by atoms with Crippen molar-refractivity contribution in [3.8, 4) is 0 Å². The molecule has 1 amide bonds. The van der Waals surface area contributed by atoms with Gasteiger partial charge in [-0.2, -0.15) is 0 Å². The molecule has 1 saturated heterocycles. The molecule has 0 saturated carbocycles. The summed E-state index contributed by atoms with van der Waals surface area (Å²) >= 11 is 0. The molecular formula is C9H18N2O3. The standard InChI is InChI=1S/C9H18N2O3/c1-2-10-6-9(12)11-5-8-7-13-3-4-14-8/h8,10H,2-7H2,1H3,(H,11,12). The van der Waals surface area contributed by atoms with Crippen molar-refractivity contribution in [1.29, 1.82) is 0 Å². The van der Waals surface area contributed by atoms with E-state index in [0.29, 0.717) is 32.9 Å². The van der Waals surface area contributed by atoms with Gasteiger partial charge in [0, 0.05) is 6.54 Å². The number of amides is 1. The van der Waals surface area contributed by atoms with Crippen LogP contribution in [0, 0.1) is 0 Å². The Kier molecular flexibility index (Phi) is 5.51. The maximum absolute atomic E-state index is 11.2. The van der Waals surface area contributed by atoms with Gasteiger partial charge in [0.25, 0.3) is 0 Å². The Hall–Kier alpha value is -0.650. The molecule has 0 spiro atoms. The maximum atomic E-state index is 11.2. The summed E-state index contributed by atoms with van der Waals surface area (Å²) in [6.07, 6.45) is 0.00864. The summed E-state index contributed by atoms with van der Waals surface area (Å²) in [5.74, 6) is 0.000948. The van der Waals surface area contributed by atoms with E-state index < -0.39 is 0 Å². The van der Waals surface area contributed by atoms with Gasteiger partial charge in [0.15, 0.2) is 0 Å². The van der Waals surface area contributed by atoms with E-state index in [4.69, 9.17) is 9.47 Å². The van der Waals surface area contributed by atoms with Crippen molar-refractivity contribution in [2.24, 2.45) is 0 Å². The zero-order valence-electron chi connectivity index (χ0n) is 8.54. The van der Waals surface area contributed by atoms with E-state index in [9.17, 15) is 4.79 Å². The summed E-state index contributed by atoms with van der Waals surface area (Å²) in [5.41, 5.74) is 0. The second-order valence-corrected chi connectivity index (χ2v) is 3.15. The highest BCUT2D eigenvalue weighted by atomic mass is 16.6. The van der Waals surface area contributed by atoms with Crippen LogP contribution in [0.5, 0.6) is 0 Å². The molecule has 0 radical (unpaired) electrons. The predicted octanol–water partition coefficient (Wildman–Crippen LogP) is -0.872. The molecule has 0 aromatic carbocycles. The fraction of sp³-hybridized carbons (Fsp3) is 0.889. The highest BCUT2D eigenvalue weighted by molar-refractivity contribution is 5.77. The molecule has 2 N–H and O–H groups in total.